The highest BCUT2D eigenvalue weighted by atomic mass is 32.2. The lowest BCUT2D eigenvalue weighted by Crippen LogP contribution is -2.17. The van der Waals surface area contributed by atoms with Gasteiger partial charge in [0.2, 0.25) is 0 Å². The highest BCUT2D eigenvalue weighted by Crippen LogP contribution is 2.22. The number of aryl methyl sites for hydroxylation is 2. The van der Waals surface area contributed by atoms with E-state index in [1.54, 1.807) is 19.9 Å². The normalized spacial score (nSPS) is 11.5. The van der Waals surface area contributed by atoms with Crippen LogP contribution < -0.4 is 10.5 Å². The smallest absolute Gasteiger partial charge is 0.263 e. The molecule has 2 rings (SSSR count). The average molecular weight is 281 g/mol. The lowest BCUT2D eigenvalue weighted by atomic mass is 10.3. The topological polar surface area (TPSA) is 114 Å². The number of nitrogens with one attached hydrogen (secondary N) is 2. The van der Waals surface area contributed by atoms with Crippen LogP contribution in [0.5, 0.6) is 0 Å². The average Bonchev–Trinajstić information content (AvgIpc) is 2.70. The van der Waals surface area contributed by atoms with Gasteiger partial charge in [-0.25, -0.2) is 8.42 Å². The van der Waals surface area contributed by atoms with Gasteiger partial charge in [-0.05, 0) is 26.0 Å². The number of aromatic amines is 1. The lowest BCUT2D eigenvalue weighted by Gasteiger charge is -2.10. The number of sulfonamides is 1. The molecule has 0 atom stereocenters. The van der Waals surface area contributed by atoms with Gasteiger partial charge in [0.05, 0.1) is 22.8 Å². The maximum atomic E-state index is 12.3. The van der Waals surface area contributed by atoms with E-state index in [1.165, 1.54) is 12.3 Å². The first-order valence-electron chi connectivity index (χ1n) is 5.64. The Bertz CT molecular complexity index is 673. The minimum atomic E-state index is -3.72. The van der Waals surface area contributed by atoms with Crippen LogP contribution in [0.1, 0.15) is 17.1 Å². The first-order chi connectivity index (χ1) is 8.95. The summed E-state index contributed by atoms with van der Waals surface area (Å²) in [6.07, 6.45) is 1.51. The van der Waals surface area contributed by atoms with Crippen molar-refractivity contribution in [2.24, 2.45) is 5.73 Å². The van der Waals surface area contributed by atoms with Gasteiger partial charge in [-0.15, -0.1) is 0 Å². The summed E-state index contributed by atoms with van der Waals surface area (Å²) in [5.41, 5.74) is 7.52. The highest BCUT2D eigenvalue weighted by molar-refractivity contribution is 7.92. The van der Waals surface area contributed by atoms with Gasteiger partial charge in [-0.3, -0.25) is 14.8 Å². The molecule has 0 aliphatic heterocycles. The monoisotopic (exact) mass is 281 g/mol. The third-order valence-corrected chi connectivity index (χ3v) is 4.12. The van der Waals surface area contributed by atoms with Crippen LogP contribution in [0.2, 0.25) is 0 Å². The second-order valence-corrected chi connectivity index (χ2v) is 5.72. The highest BCUT2D eigenvalue weighted by Gasteiger charge is 2.21. The van der Waals surface area contributed by atoms with Gasteiger partial charge >= 0.3 is 0 Å². The Morgan fingerprint density at radius 3 is 2.74 bits per heavy atom. The molecule has 0 amide bonds. The third-order valence-electron chi connectivity index (χ3n) is 2.70. The van der Waals surface area contributed by atoms with Crippen LogP contribution in [0.25, 0.3) is 0 Å². The van der Waals surface area contributed by atoms with E-state index in [0.717, 1.165) is 0 Å². The molecule has 2 heterocycles. The summed E-state index contributed by atoms with van der Waals surface area (Å²) in [4.78, 5) is 4.05. The molecule has 0 fully saturated rings. The molecule has 0 spiro atoms. The molecule has 0 aliphatic rings. The minimum Gasteiger partial charge on any atom is -0.325 e. The van der Waals surface area contributed by atoms with E-state index in [0.29, 0.717) is 22.8 Å². The van der Waals surface area contributed by atoms with Crippen LogP contribution >= 0.6 is 0 Å². The summed E-state index contributed by atoms with van der Waals surface area (Å²) in [6, 6.07) is 3.03. The van der Waals surface area contributed by atoms with E-state index in [4.69, 9.17) is 5.73 Å². The van der Waals surface area contributed by atoms with Gasteiger partial charge in [-0.1, -0.05) is 0 Å². The van der Waals surface area contributed by atoms with E-state index >= 15 is 0 Å². The number of pyridine rings is 1. The minimum absolute atomic E-state index is 0.0560. The van der Waals surface area contributed by atoms with E-state index in [9.17, 15) is 8.42 Å². The molecule has 2 aromatic rings. The molecule has 4 N–H and O–H groups in total. The van der Waals surface area contributed by atoms with Crippen LogP contribution in [-0.2, 0) is 16.6 Å². The Labute approximate surface area is 111 Å². The standard InChI is InChI=1S/C11H15N5O2S/c1-7-11(8(2)15-14-7)16-19(17,18)10-4-3-5-13-9(10)6-12/h3-5,16H,6,12H2,1-2H3,(H,14,15). The van der Waals surface area contributed by atoms with Gasteiger partial charge in [0.1, 0.15) is 4.90 Å². The van der Waals surface area contributed by atoms with Crippen LogP contribution in [0, 0.1) is 13.8 Å². The summed E-state index contributed by atoms with van der Waals surface area (Å²) < 4.78 is 27.2. The third kappa shape index (κ3) is 2.59. The zero-order valence-corrected chi connectivity index (χ0v) is 11.5. The molecule has 0 unspecified atom stereocenters. The molecular weight excluding hydrogens is 266 g/mol. The van der Waals surface area contributed by atoms with Gasteiger partial charge in [-0.2, -0.15) is 5.10 Å². The molecule has 102 valence electrons. The molecule has 0 aromatic carbocycles. The van der Waals surface area contributed by atoms with Crippen molar-refractivity contribution in [1.82, 2.24) is 15.2 Å². The van der Waals surface area contributed by atoms with Gasteiger partial charge in [0.15, 0.2) is 0 Å². The van der Waals surface area contributed by atoms with E-state index < -0.39 is 10.0 Å². The van der Waals surface area contributed by atoms with Crippen molar-refractivity contribution in [3.8, 4) is 0 Å². The molecule has 0 bridgehead atoms. The quantitative estimate of drug-likeness (QED) is 0.762. The van der Waals surface area contributed by atoms with Crippen LogP contribution in [0.3, 0.4) is 0 Å². The van der Waals surface area contributed by atoms with Crippen LogP contribution in [0.15, 0.2) is 23.2 Å². The molecule has 7 nitrogen and oxygen atoms in total. The Morgan fingerprint density at radius 2 is 2.16 bits per heavy atom. The van der Waals surface area contributed by atoms with Crippen molar-refractivity contribution >= 4 is 15.7 Å². The van der Waals surface area contributed by atoms with Gasteiger partial charge < -0.3 is 5.73 Å². The second kappa shape index (κ2) is 4.98. The predicted octanol–water partition coefficient (Wildman–Crippen LogP) is 0.681. The number of anilines is 1. The summed E-state index contributed by atoms with van der Waals surface area (Å²) in [6.45, 7) is 3.51. The fourth-order valence-electron chi connectivity index (χ4n) is 1.71. The number of nitrogens with two attached hydrogens (primary N) is 1. The molecule has 19 heavy (non-hydrogen) atoms. The molecule has 2 aromatic heterocycles. The number of hydrogen-bond donors (Lipinski definition) is 3. The zero-order chi connectivity index (χ0) is 14.0. The Kier molecular flexibility index (Phi) is 3.54. The SMILES string of the molecule is Cc1n[nH]c(C)c1NS(=O)(=O)c1cccnc1CN. The Balaban J connectivity index is 2.44. The maximum absolute atomic E-state index is 12.3. The van der Waals surface area contributed by atoms with Crippen LogP contribution in [-0.4, -0.2) is 23.6 Å². The summed E-state index contributed by atoms with van der Waals surface area (Å²) >= 11 is 0. The van der Waals surface area contributed by atoms with E-state index in [-0.39, 0.29) is 11.4 Å². The molecule has 0 radical (unpaired) electrons. The number of hydrogen-bond acceptors (Lipinski definition) is 5. The predicted molar refractivity (Wildman–Crippen MR) is 71.0 cm³/mol. The van der Waals surface area contributed by atoms with Crippen molar-refractivity contribution in [3.05, 3.63) is 35.4 Å². The Hall–Kier alpha value is -1.93. The van der Waals surface area contributed by atoms with Gasteiger partial charge in [0, 0.05) is 12.7 Å². The van der Waals surface area contributed by atoms with Crippen molar-refractivity contribution in [2.45, 2.75) is 25.3 Å². The molecular formula is C11H15N5O2S. The largest absolute Gasteiger partial charge is 0.325 e. The van der Waals surface area contributed by atoms with Gasteiger partial charge in [0.25, 0.3) is 10.0 Å². The van der Waals surface area contributed by atoms with E-state index in [1.807, 2.05) is 0 Å². The number of aromatic nitrogens is 3. The fourth-order valence-corrected chi connectivity index (χ4v) is 3.10. The van der Waals surface area contributed by atoms with Crippen LogP contribution in [0.4, 0.5) is 5.69 Å². The summed E-state index contributed by atoms with van der Waals surface area (Å²) in [5.74, 6) is 0. The molecule has 8 heteroatoms. The van der Waals surface area contributed by atoms with E-state index in [2.05, 4.69) is 19.9 Å². The molecule has 0 aliphatic carbocycles. The number of nitrogens with zero attached hydrogens (tertiary/aromatic N) is 2. The van der Waals surface area contributed by atoms with Crippen molar-refractivity contribution < 1.29 is 8.42 Å². The summed E-state index contributed by atoms with van der Waals surface area (Å²) in [5, 5.41) is 6.67. The first-order valence-corrected chi connectivity index (χ1v) is 7.12. The fraction of sp³-hybridized carbons (Fsp3) is 0.273. The summed E-state index contributed by atoms with van der Waals surface area (Å²) in [7, 11) is -3.72. The number of rotatable bonds is 4. The zero-order valence-electron chi connectivity index (χ0n) is 10.6. The first kappa shape index (κ1) is 13.5. The van der Waals surface area contributed by atoms with Crippen molar-refractivity contribution in [1.29, 1.82) is 0 Å². The molecule has 0 saturated carbocycles. The second-order valence-electron chi connectivity index (χ2n) is 4.07. The Morgan fingerprint density at radius 1 is 1.42 bits per heavy atom. The molecule has 0 saturated heterocycles. The maximum Gasteiger partial charge on any atom is 0.263 e. The lowest BCUT2D eigenvalue weighted by molar-refractivity contribution is 0.599. The van der Waals surface area contributed by atoms with Crippen molar-refractivity contribution in [2.75, 3.05) is 4.72 Å². The van der Waals surface area contributed by atoms with Crippen molar-refractivity contribution in [3.63, 3.8) is 0 Å². The number of H-pyrrole nitrogens is 1.